The molecule has 1 N–H and O–H groups in total. The summed E-state index contributed by atoms with van der Waals surface area (Å²) in [6.45, 7) is 0. The van der Waals surface area contributed by atoms with Gasteiger partial charge in [-0.05, 0) is 29.8 Å². The van der Waals surface area contributed by atoms with Crippen LogP contribution in [0, 0.1) is 0 Å². The topological polar surface area (TPSA) is 45.6 Å². The van der Waals surface area contributed by atoms with Crippen molar-refractivity contribution < 1.29 is 9.84 Å². The van der Waals surface area contributed by atoms with Crippen LogP contribution in [-0.4, -0.2) is 31.3 Å². The van der Waals surface area contributed by atoms with Crippen molar-refractivity contribution in [2.24, 2.45) is 0 Å². The molecule has 0 aliphatic rings. The number of benzene rings is 1. The molecule has 0 spiro atoms. The minimum absolute atomic E-state index is 0.131. The van der Waals surface area contributed by atoms with Gasteiger partial charge in [-0.2, -0.15) is 0 Å². The van der Waals surface area contributed by atoms with Crippen LogP contribution in [0.15, 0.2) is 36.5 Å². The Balaban J connectivity index is 2.34. The van der Waals surface area contributed by atoms with E-state index in [9.17, 15) is 5.11 Å². The second-order valence-electron chi connectivity index (χ2n) is 4.19. The summed E-state index contributed by atoms with van der Waals surface area (Å²) >= 11 is 0. The fraction of sp³-hybridized carbons (Fsp3) is 0.214. The molecule has 0 saturated carbocycles. The molecule has 0 aliphatic carbocycles. The van der Waals surface area contributed by atoms with Crippen LogP contribution in [0.25, 0.3) is 11.1 Å². The van der Waals surface area contributed by atoms with Gasteiger partial charge in [0.1, 0.15) is 5.82 Å². The molecule has 1 aromatic carbocycles. The van der Waals surface area contributed by atoms with Gasteiger partial charge in [-0.3, -0.25) is 0 Å². The smallest absolute Gasteiger partial charge is 0.160 e. The summed E-state index contributed by atoms with van der Waals surface area (Å²) in [4.78, 5) is 6.28. The van der Waals surface area contributed by atoms with E-state index in [4.69, 9.17) is 4.74 Å². The molecular weight excluding hydrogens is 228 g/mol. The first-order valence-electron chi connectivity index (χ1n) is 5.62. The molecule has 4 nitrogen and oxygen atoms in total. The minimum Gasteiger partial charge on any atom is -0.504 e. The summed E-state index contributed by atoms with van der Waals surface area (Å²) in [5.74, 6) is 1.50. The average molecular weight is 244 g/mol. The van der Waals surface area contributed by atoms with E-state index in [0.717, 1.165) is 16.9 Å². The summed E-state index contributed by atoms with van der Waals surface area (Å²) in [6, 6.07) is 9.22. The van der Waals surface area contributed by atoms with E-state index in [2.05, 4.69) is 4.98 Å². The van der Waals surface area contributed by atoms with Gasteiger partial charge in [0.25, 0.3) is 0 Å². The first-order chi connectivity index (χ1) is 8.61. The zero-order chi connectivity index (χ0) is 13.1. The second kappa shape index (κ2) is 4.96. The predicted molar refractivity (Wildman–Crippen MR) is 72.2 cm³/mol. The normalized spacial score (nSPS) is 10.2. The molecule has 0 saturated heterocycles. The van der Waals surface area contributed by atoms with Crippen LogP contribution in [0.2, 0.25) is 0 Å². The molecule has 0 bridgehead atoms. The lowest BCUT2D eigenvalue weighted by Crippen LogP contribution is -2.09. The molecule has 1 heterocycles. The van der Waals surface area contributed by atoms with Crippen molar-refractivity contribution >= 4 is 5.82 Å². The molecule has 0 aliphatic heterocycles. The quantitative estimate of drug-likeness (QED) is 0.901. The molecule has 2 rings (SSSR count). The van der Waals surface area contributed by atoms with Gasteiger partial charge in [0.2, 0.25) is 0 Å². The molecule has 94 valence electrons. The lowest BCUT2D eigenvalue weighted by Gasteiger charge is -2.11. The summed E-state index contributed by atoms with van der Waals surface area (Å²) in [7, 11) is 5.42. The molecule has 0 atom stereocenters. The van der Waals surface area contributed by atoms with Gasteiger partial charge in [0.15, 0.2) is 11.5 Å². The number of anilines is 1. The van der Waals surface area contributed by atoms with Gasteiger partial charge in [-0.1, -0.05) is 6.07 Å². The van der Waals surface area contributed by atoms with Gasteiger partial charge in [-0.15, -0.1) is 0 Å². The first kappa shape index (κ1) is 12.2. The maximum absolute atomic E-state index is 9.74. The summed E-state index contributed by atoms with van der Waals surface area (Å²) in [5.41, 5.74) is 1.87. The number of aromatic nitrogens is 1. The van der Waals surface area contributed by atoms with Crippen LogP contribution in [0.4, 0.5) is 5.82 Å². The van der Waals surface area contributed by atoms with Crippen molar-refractivity contribution in [2.75, 3.05) is 26.1 Å². The van der Waals surface area contributed by atoms with Crippen LogP contribution < -0.4 is 9.64 Å². The number of phenols is 1. The SMILES string of the molecule is COc1ccc(-c2ccc(N(C)C)nc2)cc1O. The molecule has 18 heavy (non-hydrogen) atoms. The fourth-order valence-electron chi connectivity index (χ4n) is 1.69. The first-order valence-corrected chi connectivity index (χ1v) is 5.62. The lowest BCUT2D eigenvalue weighted by molar-refractivity contribution is 0.373. The minimum atomic E-state index is 0.131. The Bertz CT molecular complexity index is 536. The maximum atomic E-state index is 9.74. The highest BCUT2D eigenvalue weighted by Gasteiger charge is 2.05. The van der Waals surface area contributed by atoms with Crippen molar-refractivity contribution in [3.8, 4) is 22.6 Å². The molecule has 0 radical (unpaired) electrons. The molecule has 1 aromatic heterocycles. The van der Waals surface area contributed by atoms with Crippen LogP contribution in [0.5, 0.6) is 11.5 Å². The number of phenolic OH excluding ortho intramolecular Hbond substituents is 1. The van der Waals surface area contributed by atoms with E-state index in [1.807, 2.05) is 37.2 Å². The Hall–Kier alpha value is -2.23. The van der Waals surface area contributed by atoms with E-state index in [1.165, 1.54) is 7.11 Å². The van der Waals surface area contributed by atoms with Gasteiger partial charge >= 0.3 is 0 Å². The number of ether oxygens (including phenoxy) is 1. The summed E-state index contributed by atoms with van der Waals surface area (Å²) in [6.07, 6.45) is 1.79. The number of hydrogen-bond donors (Lipinski definition) is 1. The third-order valence-electron chi connectivity index (χ3n) is 2.72. The summed E-state index contributed by atoms with van der Waals surface area (Å²) in [5, 5.41) is 9.74. The largest absolute Gasteiger partial charge is 0.504 e. The van der Waals surface area contributed by atoms with Crippen LogP contribution in [0.1, 0.15) is 0 Å². The highest BCUT2D eigenvalue weighted by molar-refractivity contribution is 5.67. The van der Waals surface area contributed by atoms with Gasteiger partial charge in [0.05, 0.1) is 7.11 Å². The van der Waals surface area contributed by atoms with Gasteiger partial charge < -0.3 is 14.7 Å². The van der Waals surface area contributed by atoms with Crippen molar-refractivity contribution in [1.82, 2.24) is 4.98 Å². The molecule has 4 heteroatoms. The maximum Gasteiger partial charge on any atom is 0.160 e. The van der Waals surface area contributed by atoms with Gasteiger partial charge in [0, 0.05) is 25.9 Å². The highest BCUT2D eigenvalue weighted by Crippen LogP contribution is 2.31. The Kier molecular flexibility index (Phi) is 3.37. The van der Waals surface area contributed by atoms with E-state index in [-0.39, 0.29) is 5.75 Å². The molecule has 0 fully saturated rings. The van der Waals surface area contributed by atoms with Crippen molar-refractivity contribution in [2.45, 2.75) is 0 Å². The Morgan fingerprint density at radius 1 is 1.11 bits per heavy atom. The number of nitrogens with zero attached hydrogens (tertiary/aromatic N) is 2. The third-order valence-corrected chi connectivity index (χ3v) is 2.72. The molecule has 0 unspecified atom stereocenters. The van der Waals surface area contributed by atoms with Crippen molar-refractivity contribution in [3.63, 3.8) is 0 Å². The number of methoxy groups -OCH3 is 1. The van der Waals surface area contributed by atoms with E-state index < -0.39 is 0 Å². The molecule has 0 amide bonds. The number of rotatable bonds is 3. The van der Waals surface area contributed by atoms with E-state index in [0.29, 0.717) is 5.75 Å². The van der Waals surface area contributed by atoms with E-state index >= 15 is 0 Å². The van der Waals surface area contributed by atoms with E-state index in [1.54, 1.807) is 18.3 Å². The highest BCUT2D eigenvalue weighted by atomic mass is 16.5. The van der Waals surface area contributed by atoms with Crippen molar-refractivity contribution in [3.05, 3.63) is 36.5 Å². The fourth-order valence-corrected chi connectivity index (χ4v) is 1.69. The predicted octanol–water partition coefficient (Wildman–Crippen LogP) is 2.53. The number of hydrogen-bond acceptors (Lipinski definition) is 4. The number of aromatic hydroxyl groups is 1. The van der Waals surface area contributed by atoms with Crippen molar-refractivity contribution in [1.29, 1.82) is 0 Å². The van der Waals surface area contributed by atoms with Crippen LogP contribution in [0.3, 0.4) is 0 Å². The number of pyridine rings is 1. The van der Waals surface area contributed by atoms with Gasteiger partial charge in [-0.25, -0.2) is 4.98 Å². The third kappa shape index (κ3) is 2.37. The molecular formula is C14H16N2O2. The summed E-state index contributed by atoms with van der Waals surface area (Å²) < 4.78 is 5.01. The monoisotopic (exact) mass is 244 g/mol. The zero-order valence-corrected chi connectivity index (χ0v) is 10.7. The Morgan fingerprint density at radius 3 is 2.33 bits per heavy atom. The standard InChI is InChI=1S/C14H16N2O2/c1-16(2)14-7-5-11(9-15-14)10-4-6-13(18-3)12(17)8-10/h4-9,17H,1-3H3. The molecule has 2 aromatic rings. The Morgan fingerprint density at radius 2 is 1.83 bits per heavy atom. The lowest BCUT2D eigenvalue weighted by atomic mass is 10.1. The van der Waals surface area contributed by atoms with Crippen LogP contribution in [-0.2, 0) is 0 Å². The Labute approximate surface area is 106 Å². The van der Waals surface area contributed by atoms with Crippen LogP contribution >= 0.6 is 0 Å². The second-order valence-corrected chi connectivity index (χ2v) is 4.19. The zero-order valence-electron chi connectivity index (χ0n) is 10.7. The average Bonchev–Trinajstić information content (AvgIpc) is 2.38.